The Morgan fingerprint density at radius 3 is 2.91 bits per heavy atom. The molecule has 2 aliphatic rings. The fourth-order valence-corrected chi connectivity index (χ4v) is 3.66. The molecular weight excluding hydrogens is 282 g/mol. The average Bonchev–Trinajstić information content (AvgIpc) is 3.05. The molecule has 1 aromatic rings. The van der Waals surface area contributed by atoms with Gasteiger partial charge in [-0.1, -0.05) is 5.16 Å². The maximum atomic E-state index is 12.0. The van der Waals surface area contributed by atoms with E-state index < -0.39 is 0 Å². The van der Waals surface area contributed by atoms with Crippen molar-refractivity contribution >= 4 is 5.91 Å². The summed E-state index contributed by atoms with van der Waals surface area (Å²) in [7, 11) is 3.63. The van der Waals surface area contributed by atoms with Crippen LogP contribution in [0, 0.1) is 24.7 Å². The quantitative estimate of drug-likeness (QED) is 0.835. The second kappa shape index (κ2) is 6.38. The van der Waals surface area contributed by atoms with Crippen LogP contribution in [0.3, 0.4) is 0 Å². The van der Waals surface area contributed by atoms with Gasteiger partial charge in [-0.05, 0) is 24.7 Å². The molecule has 1 amide bonds. The number of hydrogen-bond acceptors (Lipinski definition) is 5. The first-order valence-corrected chi connectivity index (χ1v) is 7.95. The van der Waals surface area contributed by atoms with Gasteiger partial charge in [-0.15, -0.1) is 0 Å². The molecule has 0 spiro atoms. The Kier molecular flexibility index (Phi) is 4.49. The molecule has 0 unspecified atom stereocenters. The lowest BCUT2D eigenvalue weighted by Crippen LogP contribution is -2.38. The second-order valence-corrected chi connectivity index (χ2v) is 6.84. The molecule has 2 fully saturated rings. The lowest BCUT2D eigenvalue weighted by Gasteiger charge is -2.33. The van der Waals surface area contributed by atoms with Crippen molar-refractivity contribution in [1.82, 2.24) is 15.0 Å². The molecule has 0 radical (unpaired) electrons. The minimum Gasteiger partial charge on any atom is -0.381 e. The lowest BCUT2D eigenvalue weighted by atomic mass is 9.81. The van der Waals surface area contributed by atoms with Gasteiger partial charge in [0.05, 0.1) is 18.9 Å². The Morgan fingerprint density at radius 1 is 1.41 bits per heavy atom. The van der Waals surface area contributed by atoms with Gasteiger partial charge in [-0.3, -0.25) is 9.69 Å². The molecule has 0 aromatic carbocycles. The fourth-order valence-electron chi connectivity index (χ4n) is 3.66. The number of nitrogens with zero attached hydrogens (tertiary/aromatic N) is 3. The Morgan fingerprint density at radius 2 is 2.23 bits per heavy atom. The molecule has 2 aliphatic heterocycles. The van der Waals surface area contributed by atoms with Gasteiger partial charge in [0, 0.05) is 46.2 Å². The van der Waals surface area contributed by atoms with E-state index in [2.05, 4.69) is 10.1 Å². The molecule has 0 bridgehead atoms. The smallest absolute Gasteiger partial charge is 0.222 e. The van der Waals surface area contributed by atoms with E-state index in [0.717, 1.165) is 37.7 Å². The monoisotopic (exact) mass is 307 g/mol. The van der Waals surface area contributed by atoms with Crippen molar-refractivity contribution in [2.24, 2.45) is 17.8 Å². The molecule has 0 aliphatic carbocycles. The molecule has 3 atom stereocenters. The molecule has 3 rings (SSSR count). The van der Waals surface area contributed by atoms with Crippen LogP contribution in [-0.4, -0.2) is 61.3 Å². The standard InChI is InChI=1S/C16H25N3O3/c1-11-4-14(17-22-11)7-19-6-13-10-21-9-12(15(13)8-19)5-16(20)18(2)3/h4,12-13,15H,5-10H2,1-3H3/t12-,13-,15+/m1/s1. The van der Waals surface area contributed by atoms with Crippen LogP contribution in [0.15, 0.2) is 10.6 Å². The Labute approximate surface area is 131 Å². The van der Waals surface area contributed by atoms with Crippen LogP contribution in [0.5, 0.6) is 0 Å². The summed E-state index contributed by atoms with van der Waals surface area (Å²) in [5, 5.41) is 4.08. The van der Waals surface area contributed by atoms with E-state index in [0.29, 0.717) is 30.8 Å². The van der Waals surface area contributed by atoms with Gasteiger partial charge in [0.15, 0.2) is 0 Å². The van der Waals surface area contributed by atoms with Crippen LogP contribution in [0.2, 0.25) is 0 Å². The number of fused-ring (bicyclic) bond motifs is 1. The molecule has 6 heteroatoms. The summed E-state index contributed by atoms with van der Waals surface area (Å²) in [6.07, 6.45) is 0.588. The van der Waals surface area contributed by atoms with Crippen molar-refractivity contribution in [2.75, 3.05) is 40.4 Å². The van der Waals surface area contributed by atoms with E-state index in [1.807, 2.05) is 27.1 Å². The average molecular weight is 307 g/mol. The van der Waals surface area contributed by atoms with E-state index in [4.69, 9.17) is 9.26 Å². The van der Waals surface area contributed by atoms with Gasteiger partial charge in [0.1, 0.15) is 5.76 Å². The highest BCUT2D eigenvalue weighted by Gasteiger charge is 2.41. The summed E-state index contributed by atoms with van der Waals surface area (Å²) >= 11 is 0. The molecule has 1 aromatic heterocycles. The zero-order chi connectivity index (χ0) is 15.7. The molecule has 0 N–H and O–H groups in total. The van der Waals surface area contributed by atoms with Gasteiger partial charge >= 0.3 is 0 Å². The van der Waals surface area contributed by atoms with E-state index in [-0.39, 0.29) is 5.91 Å². The lowest BCUT2D eigenvalue weighted by molar-refractivity contribution is -0.132. The predicted molar refractivity (Wildman–Crippen MR) is 81.1 cm³/mol. The number of hydrogen-bond donors (Lipinski definition) is 0. The fraction of sp³-hybridized carbons (Fsp3) is 0.750. The highest BCUT2D eigenvalue weighted by molar-refractivity contribution is 5.75. The molecule has 6 nitrogen and oxygen atoms in total. The van der Waals surface area contributed by atoms with Crippen LogP contribution in [0.25, 0.3) is 0 Å². The Bertz CT molecular complexity index is 528. The van der Waals surface area contributed by atoms with Crippen molar-refractivity contribution in [1.29, 1.82) is 0 Å². The number of carbonyl (C=O) groups excluding carboxylic acids is 1. The summed E-state index contributed by atoms with van der Waals surface area (Å²) in [4.78, 5) is 16.1. The Hall–Kier alpha value is -1.40. The normalized spacial score (nSPS) is 28.6. The summed E-state index contributed by atoms with van der Waals surface area (Å²) < 4.78 is 10.9. The first-order chi connectivity index (χ1) is 10.5. The highest BCUT2D eigenvalue weighted by atomic mass is 16.5. The largest absolute Gasteiger partial charge is 0.381 e. The molecule has 0 saturated carbocycles. The van der Waals surface area contributed by atoms with E-state index in [1.54, 1.807) is 4.90 Å². The highest BCUT2D eigenvalue weighted by Crippen LogP contribution is 2.36. The molecular formula is C16H25N3O3. The van der Waals surface area contributed by atoms with Crippen LogP contribution in [0.4, 0.5) is 0 Å². The van der Waals surface area contributed by atoms with Gasteiger partial charge in [-0.25, -0.2) is 0 Å². The van der Waals surface area contributed by atoms with Crippen LogP contribution >= 0.6 is 0 Å². The Balaban J connectivity index is 1.61. The van der Waals surface area contributed by atoms with Crippen molar-refractivity contribution in [3.63, 3.8) is 0 Å². The summed E-state index contributed by atoms with van der Waals surface area (Å²) in [5.41, 5.74) is 0.984. The number of aryl methyl sites for hydroxylation is 1. The summed E-state index contributed by atoms with van der Waals surface area (Å²) in [6.45, 7) is 6.29. The number of likely N-dealkylation sites (tertiary alicyclic amines) is 1. The third-order valence-corrected chi connectivity index (χ3v) is 4.83. The number of amides is 1. The van der Waals surface area contributed by atoms with E-state index in [1.165, 1.54) is 0 Å². The minimum atomic E-state index is 0.194. The van der Waals surface area contributed by atoms with Crippen molar-refractivity contribution in [2.45, 2.75) is 19.9 Å². The van der Waals surface area contributed by atoms with Crippen molar-refractivity contribution in [3.05, 3.63) is 17.5 Å². The van der Waals surface area contributed by atoms with Gasteiger partial charge in [-0.2, -0.15) is 0 Å². The molecule has 2 saturated heterocycles. The second-order valence-electron chi connectivity index (χ2n) is 6.84. The van der Waals surface area contributed by atoms with E-state index >= 15 is 0 Å². The van der Waals surface area contributed by atoms with Crippen molar-refractivity contribution < 1.29 is 14.1 Å². The zero-order valence-electron chi connectivity index (χ0n) is 13.6. The third kappa shape index (κ3) is 3.33. The third-order valence-electron chi connectivity index (χ3n) is 4.83. The number of carbonyl (C=O) groups is 1. The number of rotatable bonds is 4. The maximum absolute atomic E-state index is 12.0. The molecule has 122 valence electrons. The number of ether oxygens (including phenoxy) is 1. The topological polar surface area (TPSA) is 58.8 Å². The summed E-state index contributed by atoms with van der Waals surface area (Å²) in [5.74, 6) is 2.45. The molecule has 3 heterocycles. The maximum Gasteiger partial charge on any atom is 0.222 e. The molecule has 22 heavy (non-hydrogen) atoms. The predicted octanol–water partition coefficient (Wildman–Crippen LogP) is 1.16. The van der Waals surface area contributed by atoms with Crippen molar-refractivity contribution in [3.8, 4) is 0 Å². The zero-order valence-corrected chi connectivity index (χ0v) is 13.6. The number of aromatic nitrogens is 1. The van der Waals surface area contributed by atoms with Gasteiger partial charge in [0.2, 0.25) is 5.91 Å². The first kappa shape index (κ1) is 15.5. The minimum absolute atomic E-state index is 0.194. The van der Waals surface area contributed by atoms with Gasteiger partial charge < -0.3 is 14.2 Å². The first-order valence-electron chi connectivity index (χ1n) is 7.95. The summed E-state index contributed by atoms with van der Waals surface area (Å²) in [6, 6.07) is 1.99. The SMILES string of the molecule is Cc1cc(CN2C[C@@H]3COC[C@@H](CC(=O)N(C)C)[C@@H]3C2)no1. The van der Waals surface area contributed by atoms with Crippen LogP contribution < -0.4 is 0 Å². The van der Waals surface area contributed by atoms with Gasteiger partial charge in [0.25, 0.3) is 0 Å². The van der Waals surface area contributed by atoms with E-state index in [9.17, 15) is 4.79 Å². The van der Waals surface area contributed by atoms with Crippen LogP contribution in [-0.2, 0) is 16.1 Å². The van der Waals surface area contributed by atoms with Crippen LogP contribution in [0.1, 0.15) is 17.9 Å².